The molecule has 0 bridgehead atoms. The van der Waals surface area contributed by atoms with E-state index in [-0.39, 0.29) is 18.1 Å². The highest BCUT2D eigenvalue weighted by Gasteiger charge is 2.11. The lowest BCUT2D eigenvalue weighted by Gasteiger charge is -2.18. The van der Waals surface area contributed by atoms with E-state index in [1.807, 2.05) is 6.92 Å². The number of anilines is 2. The number of urea groups is 2. The Morgan fingerprint density at radius 3 is 1.81 bits per heavy atom. The van der Waals surface area contributed by atoms with Crippen LogP contribution in [0.4, 0.5) is 21.0 Å². The first-order valence-corrected chi connectivity index (χ1v) is 9.35. The van der Waals surface area contributed by atoms with Crippen molar-refractivity contribution >= 4 is 46.6 Å². The zero-order chi connectivity index (χ0) is 19.6. The predicted molar refractivity (Wildman–Crippen MR) is 111 cm³/mol. The van der Waals surface area contributed by atoms with Crippen molar-refractivity contribution in [3.63, 3.8) is 0 Å². The van der Waals surface area contributed by atoms with Gasteiger partial charge in [-0.15, -0.1) is 0 Å². The van der Waals surface area contributed by atoms with Gasteiger partial charge in [-0.05, 0) is 61.4 Å². The molecule has 2 aromatic rings. The molecule has 0 radical (unpaired) electrons. The minimum Gasteiger partial charge on any atom is -0.338 e. The Morgan fingerprint density at radius 2 is 1.33 bits per heavy atom. The number of rotatable bonds is 7. The number of amides is 4. The molecule has 4 N–H and O–H groups in total. The summed E-state index contributed by atoms with van der Waals surface area (Å²) in [4.78, 5) is 24.0. The van der Waals surface area contributed by atoms with Crippen molar-refractivity contribution in [2.75, 3.05) is 17.2 Å². The van der Waals surface area contributed by atoms with Crippen LogP contribution in [0, 0.1) is 0 Å². The van der Waals surface area contributed by atoms with Crippen molar-refractivity contribution in [2.24, 2.45) is 0 Å². The summed E-state index contributed by atoms with van der Waals surface area (Å²) in [5.41, 5.74) is 1.32. The molecular weight excluding hydrogens is 387 g/mol. The highest BCUT2D eigenvalue weighted by molar-refractivity contribution is 6.30. The molecule has 8 heteroatoms. The number of halogens is 2. The lowest BCUT2D eigenvalue weighted by atomic mass is 10.1. The Balaban J connectivity index is 1.71. The molecule has 0 aliphatic carbocycles. The molecule has 0 fully saturated rings. The number of hydrogen-bond donors (Lipinski definition) is 4. The second-order valence-electron chi connectivity index (χ2n) is 5.89. The summed E-state index contributed by atoms with van der Waals surface area (Å²) in [5.74, 6) is 0. The number of benzene rings is 2. The zero-order valence-electron chi connectivity index (χ0n) is 14.9. The molecule has 2 rings (SSSR count). The second kappa shape index (κ2) is 10.6. The Bertz CT molecular complexity index is 751. The Kier molecular flexibility index (Phi) is 8.23. The number of carbonyl (C=O) groups is 2. The third-order valence-corrected chi connectivity index (χ3v) is 4.31. The van der Waals surface area contributed by atoms with Crippen molar-refractivity contribution < 1.29 is 9.59 Å². The quantitative estimate of drug-likeness (QED) is 0.513. The third kappa shape index (κ3) is 7.76. The molecule has 0 heterocycles. The summed E-state index contributed by atoms with van der Waals surface area (Å²) in [6.07, 6.45) is 1.35. The maximum absolute atomic E-state index is 12.1. The van der Waals surface area contributed by atoms with Crippen LogP contribution in [0.15, 0.2) is 48.5 Å². The minimum absolute atomic E-state index is 0.0619. The van der Waals surface area contributed by atoms with Crippen LogP contribution in [0.3, 0.4) is 0 Å². The summed E-state index contributed by atoms with van der Waals surface area (Å²) >= 11 is 11.6. The standard InChI is InChI=1S/C19H22Cl2N4O2/c1-2-15(23-19(27)25-17-9-5-14(21)6-10-17)11-12-22-18(26)24-16-7-3-13(20)4-8-16/h3-10,15H,2,11-12H2,1H3,(H2,22,24,26)(H2,23,25,27)/t15-/m0/s1. The molecule has 0 spiro atoms. The first-order chi connectivity index (χ1) is 13.0. The van der Waals surface area contributed by atoms with Gasteiger partial charge in [-0.2, -0.15) is 0 Å². The second-order valence-corrected chi connectivity index (χ2v) is 6.76. The van der Waals surface area contributed by atoms with Crippen molar-refractivity contribution in [2.45, 2.75) is 25.8 Å². The van der Waals surface area contributed by atoms with Crippen LogP contribution < -0.4 is 21.3 Å². The average Bonchev–Trinajstić information content (AvgIpc) is 2.64. The number of nitrogens with one attached hydrogen (secondary N) is 4. The molecule has 6 nitrogen and oxygen atoms in total. The molecule has 144 valence electrons. The van der Waals surface area contributed by atoms with Crippen LogP contribution in [0.25, 0.3) is 0 Å². The Hall–Kier alpha value is -2.44. The van der Waals surface area contributed by atoms with Crippen LogP contribution in [-0.4, -0.2) is 24.6 Å². The predicted octanol–water partition coefficient (Wildman–Crippen LogP) is 5.11. The smallest absolute Gasteiger partial charge is 0.319 e. The van der Waals surface area contributed by atoms with E-state index in [0.717, 1.165) is 6.42 Å². The SMILES string of the molecule is CC[C@@H](CCNC(=O)Nc1ccc(Cl)cc1)NC(=O)Nc1ccc(Cl)cc1. The van der Waals surface area contributed by atoms with Gasteiger partial charge in [0.15, 0.2) is 0 Å². The molecule has 2 aromatic carbocycles. The van der Waals surface area contributed by atoms with Crippen LogP contribution >= 0.6 is 23.2 Å². The lowest BCUT2D eigenvalue weighted by molar-refractivity contribution is 0.246. The van der Waals surface area contributed by atoms with E-state index < -0.39 is 0 Å². The lowest BCUT2D eigenvalue weighted by Crippen LogP contribution is -2.40. The van der Waals surface area contributed by atoms with Gasteiger partial charge in [0.1, 0.15) is 0 Å². The van der Waals surface area contributed by atoms with Crippen molar-refractivity contribution in [1.82, 2.24) is 10.6 Å². The van der Waals surface area contributed by atoms with E-state index in [9.17, 15) is 9.59 Å². The summed E-state index contributed by atoms with van der Waals surface area (Å²) < 4.78 is 0. The molecule has 1 atom stereocenters. The van der Waals surface area contributed by atoms with Gasteiger partial charge in [0.25, 0.3) is 0 Å². The summed E-state index contributed by atoms with van der Waals surface area (Å²) in [5, 5.41) is 12.3. The molecular formula is C19H22Cl2N4O2. The van der Waals surface area contributed by atoms with Crippen molar-refractivity contribution in [1.29, 1.82) is 0 Å². The van der Waals surface area contributed by atoms with E-state index in [2.05, 4.69) is 21.3 Å². The summed E-state index contributed by atoms with van der Waals surface area (Å²) in [6.45, 7) is 2.40. The first-order valence-electron chi connectivity index (χ1n) is 8.59. The van der Waals surface area contributed by atoms with Gasteiger partial charge in [0, 0.05) is 34.0 Å². The van der Waals surface area contributed by atoms with E-state index in [4.69, 9.17) is 23.2 Å². The molecule has 4 amide bonds. The normalized spacial score (nSPS) is 11.4. The van der Waals surface area contributed by atoms with E-state index in [1.165, 1.54) is 0 Å². The van der Waals surface area contributed by atoms with E-state index in [1.54, 1.807) is 48.5 Å². The molecule has 0 saturated carbocycles. The van der Waals surface area contributed by atoms with Gasteiger partial charge in [-0.25, -0.2) is 9.59 Å². The maximum atomic E-state index is 12.1. The first kappa shape index (κ1) is 20.9. The van der Waals surface area contributed by atoms with E-state index >= 15 is 0 Å². The fourth-order valence-corrected chi connectivity index (χ4v) is 2.58. The molecule has 0 unspecified atom stereocenters. The van der Waals surface area contributed by atoms with E-state index in [0.29, 0.717) is 34.4 Å². The van der Waals surface area contributed by atoms with Crippen LogP contribution in [0.1, 0.15) is 19.8 Å². The van der Waals surface area contributed by atoms with Crippen molar-refractivity contribution in [3.05, 3.63) is 58.6 Å². The fourth-order valence-electron chi connectivity index (χ4n) is 2.33. The average molecular weight is 409 g/mol. The summed E-state index contributed by atoms with van der Waals surface area (Å²) in [7, 11) is 0. The molecule has 0 aromatic heterocycles. The summed E-state index contributed by atoms with van der Waals surface area (Å²) in [6, 6.07) is 13.0. The van der Waals surface area contributed by atoms with Gasteiger partial charge in [-0.3, -0.25) is 0 Å². The molecule has 0 saturated heterocycles. The molecule has 27 heavy (non-hydrogen) atoms. The van der Waals surface area contributed by atoms with Crippen LogP contribution in [0.5, 0.6) is 0 Å². The largest absolute Gasteiger partial charge is 0.338 e. The molecule has 0 aliphatic heterocycles. The number of hydrogen-bond acceptors (Lipinski definition) is 2. The Labute approximate surface area is 168 Å². The van der Waals surface area contributed by atoms with Crippen LogP contribution in [-0.2, 0) is 0 Å². The van der Waals surface area contributed by atoms with Crippen molar-refractivity contribution in [3.8, 4) is 0 Å². The highest BCUT2D eigenvalue weighted by atomic mass is 35.5. The highest BCUT2D eigenvalue weighted by Crippen LogP contribution is 2.14. The third-order valence-electron chi connectivity index (χ3n) is 3.81. The van der Waals surface area contributed by atoms with Gasteiger partial charge < -0.3 is 21.3 Å². The zero-order valence-corrected chi connectivity index (χ0v) is 16.4. The van der Waals surface area contributed by atoms with Gasteiger partial charge >= 0.3 is 12.1 Å². The van der Waals surface area contributed by atoms with Gasteiger partial charge in [0.05, 0.1) is 0 Å². The Morgan fingerprint density at radius 1 is 0.852 bits per heavy atom. The molecule has 0 aliphatic rings. The number of carbonyl (C=O) groups excluding carboxylic acids is 2. The maximum Gasteiger partial charge on any atom is 0.319 e. The van der Waals surface area contributed by atoms with Gasteiger partial charge in [0.2, 0.25) is 0 Å². The fraction of sp³-hybridized carbons (Fsp3) is 0.263. The van der Waals surface area contributed by atoms with Gasteiger partial charge in [-0.1, -0.05) is 30.1 Å². The monoisotopic (exact) mass is 408 g/mol. The minimum atomic E-state index is -0.308. The van der Waals surface area contributed by atoms with Crippen LogP contribution in [0.2, 0.25) is 10.0 Å². The topological polar surface area (TPSA) is 82.3 Å².